The van der Waals surface area contributed by atoms with E-state index in [9.17, 15) is 4.79 Å². The first-order chi connectivity index (χ1) is 11.5. The molecule has 0 unspecified atom stereocenters. The van der Waals surface area contributed by atoms with E-state index in [-0.39, 0.29) is 5.91 Å². The molecule has 2 heterocycles. The van der Waals surface area contributed by atoms with Crippen molar-refractivity contribution in [3.63, 3.8) is 0 Å². The Balaban J connectivity index is 1.68. The fourth-order valence-corrected chi connectivity index (χ4v) is 2.99. The summed E-state index contributed by atoms with van der Waals surface area (Å²) in [6.45, 7) is 1.84. The van der Waals surface area contributed by atoms with E-state index in [0.717, 1.165) is 17.0 Å². The van der Waals surface area contributed by atoms with E-state index in [2.05, 4.69) is 10.3 Å². The molecule has 24 heavy (non-hydrogen) atoms. The first kappa shape index (κ1) is 16.8. The summed E-state index contributed by atoms with van der Waals surface area (Å²) in [5.74, 6) is 1.14. The van der Waals surface area contributed by atoms with Gasteiger partial charge in [0.1, 0.15) is 11.5 Å². The molecule has 1 aromatic carbocycles. The molecule has 2 aromatic heterocycles. The van der Waals surface area contributed by atoms with Gasteiger partial charge in [-0.3, -0.25) is 10.1 Å². The molecule has 0 aliphatic rings. The lowest BCUT2D eigenvalue weighted by Crippen LogP contribution is -2.07. The Morgan fingerprint density at radius 2 is 2.08 bits per heavy atom. The van der Waals surface area contributed by atoms with Crippen LogP contribution in [0.15, 0.2) is 46.2 Å². The van der Waals surface area contributed by atoms with Crippen LogP contribution in [-0.2, 0) is 4.79 Å². The van der Waals surface area contributed by atoms with Crippen LogP contribution in [0.4, 0.5) is 5.13 Å². The average Bonchev–Trinajstić information content (AvgIpc) is 3.17. The molecule has 0 radical (unpaired) electrons. The first-order valence-electron chi connectivity index (χ1n) is 6.98. The van der Waals surface area contributed by atoms with Gasteiger partial charge in [-0.05, 0) is 37.3 Å². The quantitative estimate of drug-likeness (QED) is 0.594. The maximum atomic E-state index is 11.9. The van der Waals surface area contributed by atoms with Crippen LogP contribution in [0.1, 0.15) is 11.5 Å². The zero-order chi connectivity index (χ0) is 17.1. The normalized spacial score (nSPS) is 11.1. The number of carbonyl (C=O) groups excluding carboxylic acids is 1. The van der Waals surface area contributed by atoms with Gasteiger partial charge in [0.05, 0.1) is 15.7 Å². The van der Waals surface area contributed by atoms with Gasteiger partial charge in [0.15, 0.2) is 5.13 Å². The van der Waals surface area contributed by atoms with Crippen LogP contribution in [0, 0.1) is 6.92 Å². The molecule has 0 atom stereocenters. The van der Waals surface area contributed by atoms with Crippen molar-refractivity contribution in [3.05, 3.63) is 63.4 Å². The molecule has 0 fully saturated rings. The SMILES string of the molecule is Cc1ccc(C=CC(=O)Nc2nc(-c3ccc(Cl)c(Cl)c3)cs2)o1. The number of halogens is 2. The highest BCUT2D eigenvalue weighted by Crippen LogP contribution is 2.30. The second-order valence-corrected chi connectivity index (χ2v) is 6.61. The molecule has 0 aliphatic carbocycles. The van der Waals surface area contributed by atoms with Gasteiger partial charge < -0.3 is 4.42 Å². The molecular formula is C17H12Cl2N2O2S. The van der Waals surface area contributed by atoms with E-state index in [1.807, 2.05) is 24.4 Å². The van der Waals surface area contributed by atoms with Gasteiger partial charge in [0.25, 0.3) is 0 Å². The van der Waals surface area contributed by atoms with Crippen molar-refractivity contribution in [1.82, 2.24) is 4.98 Å². The molecule has 0 spiro atoms. The molecule has 3 rings (SSSR count). The summed E-state index contributed by atoms with van der Waals surface area (Å²) in [7, 11) is 0. The molecule has 0 saturated heterocycles. The van der Waals surface area contributed by atoms with Gasteiger partial charge in [0, 0.05) is 17.0 Å². The van der Waals surface area contributed by atoms with E-state index < -0.39 is 0 Å². The van der Waals surface area contributed by atoms with Crippen LogP contribution < -0.4 is 5.32 Å². The topological polar surface area (TPSA) is 55.1 Å². The zero-order valence-electron chi connectivity index (χ0n) is 12.5. The van der Waals surface area contributed by atoms with Crippen LogP contribution in [0.25, 0.3) is 17.3 Å². The third-order valence-electron chi connectivity index (χ3n) is 3.11. The fraction of sp³-hybridized carbons (Fsp3) is 0.0588. The monoisotopic (exact) mass is 378 g/mol. The van der Waals surface area contributed by atoms with Crippen LogP contribution in [0.5, 0.6) is 0 Å². The van der Waals surface area contributed by atoms with Gasteiger partial charge in [-0.1, -0.05) is 29.3 Å². The maximum Gasteiger partial charge on any atom is 0.250 e. The number of amides is 1. The Bertz CT molecular complexity index is 915. The summed E-state index contributed by atoms with van der Waals surface area (Å²) in [5.41, 5.74) is 1.56. The van der Waals surface area contributed by atoms with Crippen molar-refractivity contribution in [1.29, 1.82) is 0 Å². The molecule has 7 heteroatoms. The number of aromatic nitrogens is 1. The lowest BCUT2D eigenvalue weighted by atomic mass is 10.2. The standard InChI is InChI=1S/C17H12Cl2N2O2S/c1-10-2-4-12(23-10)5-7-16(22)21-17-20-15(9-24-17)11-3-6-13(18)14(19)8-11/h2-9H,1H3,(H,20,21,22). The molecule has 1 N–H and O–H groups in total. The lowest BCUT2D eigenvalue weighted by molar-refractivity contribution is -0.111. The summed E-state index contributed by atoms with van der Waals surface area (Å²) in [6, 6.07) is 8.91. The Morgan fingerprint density at radius 1 is 1.25 bits per heavy atom. The molecule has 0 saturated carbocycles. The Morgan fingerprint density at radius 3 is 2.79 bits per heavy atom. The van der Waals surface area contributed by atoms with E-state index in [0.29, 0.717) is 20.9 Å². The third-order valence-corrected chi connectivity index (χ3v) is 4.61. The highest BCUT2D eigenvalue weighted by Gasteiger charge is 2.08. The van der Waals surface area contributed by atoms with E-state index in [1.54, 1.807) is 24.3 Å². The smallest absolute Gasteiger partial charge is 0.250 e. The van der Waals surface area contributed by atoms with Gasteiger partial charge in [-0.25, -0.2) is 4.98 Å². The summed E-state index contributed by atoms with van der Waals surface area (Å²) < 4.78 is 5.36. The van der Waals surface area contributed by atoms with Crippen molar-refractivity contribution in [2.45, 2.75) is 6.92 Å². The third kappa shape index (κ3) is 4.06. The van der Waals surface area contributed by atoms with Crippen molar-refractivity contribution < 1.29 is 9.21 Å². The van der Waals surface area contributed by atoms with Gasteiger partial charge >= 0.3 is 0 Å². The first-order valence-corrected chi connectivity index (χ1v) is 8.61. The number of carbonyl (C=O) groups is 1. The van der Waals surface area contributed by atoms with Crippen molar-refractivity contribution in [3.8, 4) is 11.3 Å². The minimum Gasteiger partial charge on any atom is -0.462 e. The molecule has 1 amide bonds. The number of hydrogen-bond acceptors (Lipinski definition) is 4. The highest BCUT2D eigenvalue weighted by molar-refractivity contribution is 7.14. The summed E-state index contributed by atoms with van der Waals surface area (Å²) in [5, 5.41) is 6.01. The van der Waals surface area contributed by atoms with Crippen molar-refractivity contribution in [2.75, 3.05) is 5.32 Å². The summed E-state index contributed by atoms with van der Waals surface area (Å²) >= 11 is 13.3. The van der Waals surface area contributed by atoms with E-state index in [1.165, 1.54) is 17.4 Å². The lowest BCUT2D eigenvalue weighted by Gasteiger charge is -1.99. The number of aryl methyl sites for hydroxylation is 1. The van der Waals surface area contributed by atoms with Gasteiger partial charge in [0.2, 0.25) is 5.91 Å². The average molecular weight is 379 g/mol. The predicted molar refractivity (Wildman–Crippen MR) is 98.7 cm³/mol. The van der Waals surface area contributed by atoms with Crippen LogP contribution in [0.3, 0.4) is 0 Å². The second kappa shape index (κ2) is 7.21. The largest absolute Gasteiger partial charge is 0.462 e. The van der Waals surface area contributed by atoms with Gasteiger partial charge in [-0.2, -0.15) is 0 Å². The van der Waals surface area contributed by atoms with Crippen LogP contribution in [0.2, 0.25) is 10.0 Å². The predicted octanol–water partition coefficient (Wildman–Crippen LogP) is 5.67. The van der Waals surface area contributed by atoms with E-state index in [4.69, 9.17) is 27.6 Å². The number of hydrogen-bond donors (Lipinski definition) is 1. The molecule has 3 aromatic rings. The minimum absolute atomic E-state index is 0.279. The highest BCUT2D eigenvalue weighted by atomic mass is 35.5. The molecule has 122 valence electrons. The Labute approximate surface area is 152 Å². The molecular weight excluding hydrogens is 367 g/mol. The van der Waals surface area contributed by atoms with Crippen LogP contribution >= 0.6 is 34.5 Å². The number of thiazole rings is 1. The summed E-state index contributed by atoms with van der Waals surface area (Å²) in [6.07, 6.45) is 3.01. The number of rotatable bonds is 4. The number of nitrogens with zero attached hydrogens (tertiary/aromatic N) is 1. The molecule has 0 aliphatic heterocycles. The van der Waals surface area contributed by atoms with Crippen molar-refractivity contribution in [2.24, 2.45) is 0 Å². The number of furan rings is 1. The fourth-order valence-electron chi connectivity index (χ4n) is 1.97. The second-order valence-electron chi connectivity index (χ2n) is 4.94. The Kier molecular flexibility index (Phi) is 5.04. The Hall–Kier alpha value is -2.08. The number of nitrogens with one attached hydrogen (secondary N) is 1. The van der Waals surface area contributed by atoms with Crippen LogP contribution in [-0.4, -0.2) is 10.9 Å². The zero-order valence-corrected chi connectivity index (χ0v) is 14.9. The minimum atomic E-state index is -0.279. The summed E-state index contributed by atoms with van der Waals surface area (Å²) in [4.78, 5) is 16.3. The number of benzene rings is 1. The molecule has 0 bridgehead atoms. The number of anilines is 1. The van der Waals surface area contributed by atoms with Crippen molar-refractivity contribution >= 4 is 51.7 Å². The van der Waals surface area contributed by atoms with Gasteiger partial charge in [-0.15, -0.1) is 11.3 Å². The molecule has 4 nitrogen and oxygen atoms in total. The maximum absolute atomic E-state index is 11.9. The van der Waals surface area contributed by atoms with E-state index >= 15 is 0 Å².